The van der Waals surface area contributed by atoms with Gasteiger partial charge in [0, 0.05) is 88.0 Å². The predicted molar refractivity (Wildman–Crippen MR) is 206 cm³/mol. The standard InChI is InChI=1S/C40H45ClN6O7/c1-44-24-32(29-6-13-42-23-31(29)39(44)50)30-22-35(52-2)25(21-36(30)53-3)7-14-45-15-8-27(9-16-45)54-28-10-17-46(18-11-28)38(49)26-4-5-33(41)34(20-26)47-19-12-37(48)43-40(47)51/h4-6,13,20-24,27-28H,7-12,14-19H2,1-3H3,(H,43,48,51). The van der Waals surface area contributed by atoms with Crippen LogP contribution in [-0.4, -0.2) is 103 Å². The molecule has 3 fully saturated rings. The van der Waals surface area contributed by atoms with Gasteiger partial charge in [0.2, 0.25) is 5.91 Å². The fourth-order valence-electron chi connectivity index (χ4n) is 7.74. The van der Waals surface area contributed by atoms with Crippen molar-refractivity contribution in [3.63, 3.8) is 0 Å². The molecule has 0 atom stereocenters. The molecule has 7 rings (SSSR count). The number of carbonyl (C=O) groups is 3. The summed E-state index contributed by atoms with van der Waals surface area (Å²) in [6.45, 7) is 4.10. The van der Waals surface area contributed by atoms with Gasteiger partial charge in [0.05, 0.1) is 42.5 Å². The maximum atomic E-state index is 13.4. The number of aromatic nitrogens is 2. The van der Waals surface area contributed by atoms with E-state index in [-0.39, 0.29) is 42.5 Å². The van der Waals surface area contributed by atoms with Crippen LogP contribution in [0.4, 0.5) is 10.5 Å². The lowest BCUT2D eigenvalue weighted by Crippen LogP contribution is -2.49. The number of anilines is 1. The van der Waals surface area contributed by atoms with Gasteiger partial charge in [-0.25, -0.2) is 4.79 Å². The van der Waals surface area contributed by atoms with Crippen LogP contribution in [0.2, 0.25) is 5.02 Å². The zero-order valence-electron chi connectivity index (χ0n) is 30.8. The number of fused-ring (bicyclic) bond motifs is 1. The van der Waals surface area contributed by atoms with Gasteiger partial charge in [-0.15, -0.1) is 0 Å². The van der Waals surface area contributed by atoms with Gasteiger partial charge in [-0.05, 0) is 79.5 Å². The highest BCUT2D eigenvalue weighted by molar-refractivity contribution is 6.34. The molecule has 14 heteroatoms. The van der Waals surface area contributed by atoms with Crippen LogP contribution in [-0.2, 0) is 23.0 Å². The van der Waals surface area contributed by atoms with Gasteiger partial charge in [-0.3, -0.25) is 29.6 Å². The number of benzene rings is 2. The average Bonchev–Trinajstić information content (AvgIpc) is 3.19. The predicted octanol–water partition coefficient (Wildman–Crippen LogP) is 5.05. The molecule has 0 radical (unpaired) electrons. The minimum absolute atomic E-state index is 0.0941. The Labute approximate surface area is 318 Å². The van der Waals surface area contributed by atoms with Crippen molar-refractivity contribution < 1.29 is 28.6 Å². The van der Waals surface area contributed by atoms with Gasteiger partial charge in [0.15, 0.2) is 0 Å². The van der Waals surface area contributed by atoms with Crippen LogP contribution in [0.5, 0.6) is 11.5 Å². The summed E-state index contributed by atoms with van der Waals surface area (Å²) >= 11 is 6.39. The number of pyridine rings is 2. The smallest absolute Gasteiger partial charge is 0.328 e. The van der Waals surface area contributed by atoms with Crippen LogP contribution < -0.4 is 25.2 Å². The van der Waals surface area contributed by atoms with E-state index in [2.05, 4.69) is 15.2 Å². The van der Waals surface area contributed by atoms with Crippen molar-refractivity contribution in [3.05, 3.63) is 81.5 Å². The lowest BCUT2D eigenvalue weighted by molar-refractivity contribution is -0.120. The van der Waals surface area contributed by atoms with Gasteiger partial charge in [-0.2, -0.15) is 0 Å². The Bertz CT molecular complexity index is 2120. The number of likely N-dealkylation sites (tertiary alicyclic amines) is 2. The summed E-state index contributed by atoms with van der Waals surface area (Å²) in [5.41, 5.74) is 3.54. The Morgan fingerprint density at radius 1 is 0.889 bits per heavy atom. The Morgan fingerprint density at radius 3 is 2.31 bits per heavy atom. The van der Waals surface area contributed by atoms with Crippen LogP contribution in [0.15, 0.2) is 59.8 Å². The van der Waals surface area contributed by atoms with Crippen molar-refractivity contribution >= 4 is 45.9 Å². The van der Waals surface area contributed by atoms with E-state index in [1.807, 2.05) is 29.3 Å². The molecule has 0 aliphatic carbocycles. The van der Waals surface area contributed by atoms with Crippen molar-refractivity contribution in [2.75, 3.05) is 58.4 Å². The number of rotatable bonds is 10. The Kier molecular flexibility index (Phi) is 11.2. The summed E-state index contributed by atoms with van der Waals surface area (Å²) in [4.78, 5) is 60.1. The minimum atomic E-state index is -0.542. The molecule has 2 aromatic heterocycles. The molecule has 0 unspecified atom stereocenters. The molecule has 0 spiro atoms. The second-order valence-corrected chi connectivity index (χ2v) is 14.5. The molecule has 2 aromatic carbocycles. The maximum absolute atomic E-state index is 13.4. The highest BCUT2D eigenvalue weighted by atomic mass is 35.5. The first kappa shape index (κ1) is 37.3. The number of nitrogens with zero attached hydrogens (tertiary/aromatic N) is 5. The largest absolute Gasteiger partial charge is 0.496 e. The molecule has 0 saturated carbocycles. The van der Waals surface area contributed by atoms with E-state index in [0.29, 0.717) is 40.5 Å². The topological polar surface area (TPSA) is 136 Å². The van der Waals surface area contributed by atoms with Crippen LogP contribution >= 0.6 is 11.6 Å². The summed E-state index contributed by atoms with van der Waals surface area (Å²) in [7, 11) is 5.08. The highest BCUT2D eigenvalue weighted by Crippen LogP contribution is 2.39. The molecule has 284 valence electrons. The SMILES string of the molecule is COc1cc(-c2cn(C)c(=O)c3cnccc23)c(OC)cc1CCN1CCC(OC2CCN(C(=O)c3ccc(Cl)c(N4CCC(=O)NC4=O)c3)CC2)CC1. The Hall–Kier alpha value is -4.98. The number of ether oxygens (including phenoxy) is 3. The van der Waals surface area contributed by atoms with E-state index < -0.39 is 6.03 Å². The zero-order chi connectivity index (χ0) is 37.9. The molecule has 3 aliphatic rings. The second-order valence-electron chi connectivity index (χ2n) is 14.1. The van der Waals surface area contributed by atoms with E-state index in [1.165, 1.54) is 4.90 Å². The van der Waals surface area contributed by atoms with Crippen LogP contribution in [0.1, 0.15) is 48.0 Å². The third kappa shape index (κ3) is 7.80. The molecule has 54 heavy (non-hydrogen) atoms. The van der Waals surface area contributed by atoms with E-state index in [0.717, 1.165) is 79.6 Å². The fraction of sp³-hybridized carbons (Fsp3) is 0.425. The van der Waals surface area contributed by atoms with E-state index in [1.54, 1.807) is 56.4 Å². The number of carbonyl (C=O) groups excluding carboxylic acids is 3. The maximum Gasteiger partial charge on any atom is 0.328 e. The van der Waals surface area contributed by atoms with Gasteiger partial charge in [0.25, 0.3) is 11.5 Å². The highest BCUT2D eigenvalue weighted by Gasteiger charge is 2.30. The molecule has 4 aromatic rings. The molecule has 3 saturated heterocycles. The summed E-state index contributed by atoms with van der Waals surface area (Å²) in [5.74, 6) is 1.04. The molecule has 4 amide bonds. The average molecular weight is 757 g/mol. The number of nitrogens with one attached hydrogen (secondary N) is 1. The first-order valence-electron chi connectivity index (χ1n) is 18.4. The Balaban J connectivity index is 0.907. The van der Waals surface area contributed by atoms with Crippen LogP contribution in [0.3, 0.4) is 0 Å². The number of piperidine rings is 2. The van der Waals surface area contributed by atoms with Crippen molar-refractivity contribution in [2.45, 2.75) is 50.7 Å². The third-order valence-corrected chi connectivity index (χ3v) is 11.1. The number of imide groups is 1. The summed E-state index contributed by atoms with van der Waals surface area (Å²) in [5, 5.41) is 4.00. The monoisotopic (exact) mass is 756 g/mol. The van der Waals surface area contributed by atoms with Crippen molar-refractivity contribution in [3.8, 4) is 22.6 Å². The van der Waals surface area contributed by atoms with Crippen LogP contribution in [0.25, 0.3) is 21.9 Å². The normalized spacial score (nSPS) is 17.6. The first-order chi connectivity index (χ1) is 26.1. The number of urea groups is 1. The number of halogens is 1. The molecule has 0 bridgehead atoms. The van der Waals surface area contributed by atoms with Crippen LogP contribution in [0, 0.1) is 0 Å². The lowest BCUT2D eigenvalue weighted by atomic mass is 9.97. The third-order valence-electron chi connectivity index (χ3n) is 10.8. The molecular weight excluding hydrogens is 712 g/mol. The summed E-state index contributed by atoms with van der Waals surface area (Å²) < 4.78 is 19.9. The number of hydrogen-bond acceptors (Lipinski definition) is 9. The zero-order valence-corrected chi connectivity index (χ0v) is 31.6. The molecule has 3 aliphatic heterocycles. The van der Waals surface area contributed by atoms with Crippen molar-refractivity contribution in [2.24, 2.45) is 7.05 Å². The molecular formula is C40H45ClN6O7. The molecule has 13 nitrogen and oxygen atoms in total. The first-order valence-corrected chi connectivity index (χ1v) is 18.8. The van der Waals surface area contributed by atoms with E-state index in [9.17, 15) is 19.2 Å². The number of hydrogen-bond donors (Lipinski definition) is 1. The van der Waals surface area contributed by atoms with Crippen molar-refractivity contribution in [1.29, 1.82) is 0 Å². The van der Waals surface area contributed by atoms with E-state index in [4.69, 9.17) is 25.8 Å². The number of aryl methyl sites for hydroxylation is 1. The van der Waals surface area contributed by atoms with E-state index >= 15 is 0 Å². The quantitative estimate of drug-likeness (QED) is 0.236. The Morgan fingerprint density at radius 2 is 1.61 bits per heavy atom. The number of methoxy groups -OCH3 is 2. The van der Waals surface area contributed by atoms with Crippen molar-refractivity contribution in [1.82, 2.24) is 24.7 Å². The van der Waals surface area contributed by atoms with Gasteiger partial charge in [0.1, 0.15) is 11.5 Å². The fourth-order valence-corrected chi connectivity index (χ4v) is 7.96. The van der Waals surface area contributed by atoms with Gasteiger partial charge >= 0.3 is 6.03 Å². The number of amides is 4. The van der Waals surface area contributed by atoms with Gasteiger partial charge < -0.3 is 28.6 Å². The second kappa shape index (κ2) is 16.2. The molecule has 1 N–H and O–H groups in total. The molecule has 5 heterocycles. The summed E-state index contributed by atoms with van der Waals surface area (Å²) in [6, 6.07) is 10.3. The van der Waals surface area contributed by atoms with Gasteiger partial charge in [-0.1, -0.05) is 11.6 Å². The minimum Gasteiger partial charge on any atom is -0.496 e. The summed E-state index contributed by atoms with van der Waals surface area (Å²) in [6.07, 6.45) is 9.75. The lowest BCUT2D eigenvalue weighted by Gasteiger charge is -2.37.